The van der Waals surface area contributed by atoms with Gasteiger partial charge in [-0.1, -0.05) is 15.9 Å². The molecule has 3 nitrogen and oxygen atoms in total. The van der Waals surface area contributed by atoms with Gasteiger partial charge in [0.15, 0.2) is 0 Å². The normalized spacial score (nSPS) is 30.4. The smallest absolute Gasteiger partial charge is 0.233 e. The van der Waals surface area contributed by atoms with Crippen LogP contribution in [0.2, 0.25) is 0 Å². The second kappa shape index (κ2) is 4.23. The highest BCUT2D eigenvalue weighted by Gasteiger charge is 2.28. The lowest BCUT2D eigenvalue weighted by molar-refractivity contribution is -0.141. The number of hydrogen-bond acceptors (Lipinski definition) is 2. The van der Waals surface area contributed by atoms with Gasteiger partial charge in [0.05, 0.1) is 30.6 Å². The van der Waals surface area contributed by atoms with E-state index in [1.165, 1.54) is 0 Å². The minimum Gasteiger partial charge on any atom is -0.377 e. The van der Waals surface area contributed by atoms with Crippen molar-refractivity contribution >= 4 is 21.8 Å². The van der Waals surface area contributed by atoms with Crippen LogP contribution < -0.4 is 0 Å². The molecule has 0 unspecified atom stereocenters. The first-order valence-electron chi connectivity index (χ1n) is 4.11. The molecule has 0 saturated carbocycles. The first-order chi connectivity index (χ1) is 5.66. The molecule has 2 atom stereocenters. The lowest BCUT2D eigenvalue weighted by atomic mass is 10.2. The van der Waals surface area contributed by atoms with Crippen molar-refractivity contribution in [1.82, 2.24) is 4.90 Å². The van der Waals surface area contributed by atoms with Crippen LogP contribution in [-0.4, -0.2) is 41.4 Å². The Kier molecular flexibility index (Phi) is 3.53. The summed E-state index contributed by atoms with van der Waals surface area (Å²) in [5.74, 6) is 0.151. The Balaban J connectivity index is 2.62. The average Bonchev–Trinajstić information content (AvgIpc) is 2.03. The van der Waals surface area contributed by atoms with Gasteiger partial charge in [-0.2, -0.15) is 0 Å². The second-order valence-corrected chi connectivity index (χ2v) is 3.73. The van der Waals surface area contributed by atoms with E-state index in [4.69, 9.17) is 4.74 Å². The number of ether oxygens (including phenoxy) is 1. The molecule has 0 aromatic carbocycles. The van der Waals surface area contributed by atoms with Crippen molar-refractivity contribution in [2.45, 2.75) is 25.9 Å². The number of rotatable bonds is 1. The third-order valence-corrected chi connectivity index (χ3v) is 2.55. The van der Waals surface area contributed by atoms with E-state index in [2.05, 4.69) is 15.9 Å². The summed E-state index contributed by atoms with van der Waals surface area (Å²) >= 11 is 3.17. The van der Waals surface area contributed by atoms with Crippen LogP contribution in [0.5, 0.6) is 0 Å². The molecule has 12 heavy (non-hydrogen) atoms. The topological polar surface area (TPSA) is 29.5 Å². The number of alkyl halides is 1. The quantitative estimate of drug-likeness (QED) is 0.636. The Hall–Kier alpha value is -0.0900. The standard InChI is InChI=1S/C8H14BrNO2/c1-6-4-12-5-7(2)10(6)8(11)3-9/h6-7H,3-5H2,1-2H3/t6-,7-/m1/s1. The summed E-state index contributed by atoms with van der Waals surface area (Å²) in [5.41, 5.74) is 0. The molecule has 1 saturated heterocycles. The number of halogens is 1. The number of carbonyl (C=O) groups is 1. The van der Waals surface area contributed by atoms with Crippen LogP contribution in [-0.2, 0) is 9.53 Å². The van der Waals surface area contributed by atoms with Gasteiger partial charge in [-0.05, 0) is 13.8 Å². The molecular formula is C8H14BrNO2. The predicted molar refractivity (Wildman–Crippen MR) is 50.4 cm³/mol. The van der Waals surface area contributed by atoms with Crippen molar-refractivity contribution in [1.29, 1.82) is 0 Å². The molecule has 1 rings (SSSR count). The Morgan fingerprint density at radius 3 is 2.42 bits per heavy atom. The lowest BCUT2D eigenvalue weighted by Crippen LogP contribution is -2.52. The molecular weight excluding hydrogens is 222 g/mol. The van der Waals surface area contributed by atoms with Crippen molar-refractivity contribution in [2.24, 2.45) is 0 Å². The van der Waals surface area contributed by atoms with Gasteiger partial charge in [-0.3, -0.25) is 4.79 Å². The first-order valence-corrected chi connectivity index (χ1v) is 5.23. The van der Waals surface area contributed by atoms with Gasteiger partial charge in [-0.25, -0.2) is 0 Å². The second-order valence-electron chi connectivity index (χ2n) is 3.17. The summed E-state index contributed by atoms with van der Waals surface area (Å²) in [4.78, 5) is 13.3. The number of carbonyl (C=O) groups excluding carboxylic acids is 1. The van der Waals surface area contributed by atoms with E-state index in [0.29, 0.717) is 18.5 Å². The van der Waals surface area contributed by atoms with Crippen molar-refractivity contribution in [2.75, 3.05) is 18.5 Å². The molecule has 70 valence electrons. The number of morpholine rings is 1. The Bertz CT molecular complexity index is 164. The number of nitrogens with zero attached hydrogens (tertiary/aromatic N) is 1. The van der Waals surface area contributed by atoms with Gasteiger partial charge in [0.2, 0.25) is 5.91 Å². The highest BCUT2D eigenvalue weighted by molar-refractivity contribution is 9.09. The van der Waals surface area contributed by atoms with E-state index in [1.807, 2.05) is 18.7 Å². The summed E-state index contributed by atoms with van der Waals surface area (Å²) in [7, 11) is 0. The number of hydrogen-bond donors (Lipinski definition) is 0. The highest BCUT2D eigenvalue weighted by Crippen LogP contribution is 2.13. The summed E-state index contributed by atoms with van der Waals surface area (Å²) < 4.78 is 5.31. The molecule has 0 bridgehead atoms. The van der Waals surface area contributed by atoms with E-state index < -0.39 is 0 Å². The monoisotopic (exact) mass is 235 g/mol. The Morgan fingerprint density at radius 2 is 2.00 bits per heavy atom. The molecule has 0 radical (unpaired) electrons. The van der Waals surface area contributed by atoms with Gasteiger partial charge in [0.25, 0.3) is 0 Å². The van der Waals surface area contributed by atoms with E-state index >= 15 is 0 Å². The molecule has 1 heterocycles. The van der Waals surface area contributed by atoms with E-state index in [9.17, 15) is 4.79 Å². The molecule has 0 aromatic rings. The molecule has 1 amide bonds. The maximum atomic E-state index is 11.4. The zero-order valence-electron chi connectivity index (χ0n) is 7.42. The van der Waals surface area contributed by atoms with Crippen LogP contribution in [0.3, 0.4) is 0 Å². The van der Waals surface area contributed by atoms with Gasteiger partial charge < -0.3 is 9.64 Å². The molecule has 0 spiro atoms. The molecule has 1 fully saturated rings. The average molecular weight is 236 g/mol. The molecule has 1 aliphatic rings. The SMILES string of the molecule is C[C@@H]1COC[C@@H](C)N1C(=O)CBr. The summed E-state index contributed by atoms with van der Waals surface area (Å²) in [6, 6.07) is 0.414. The molecule has 4 heteroatoms. The highest BCUT2D eigenvalue weighted by atomic mass is 79.9. The minimum absolute atomic E-state index is 0.151. The van der Waals surface area contributed by atoms with Crippen LogP contribution in [0, 0.1) is 0 Å². The van der Waals surface area contributed by atoms with Crippen LogP contribution in [0.1, 0.15) is 13.8 Å². The zero-order chi connectivity index (χ0) is 9.14. The largest absolute Gasteiger partial charge is 0.377 e. The van der Waals surface area contributed by atoms with Crippen molar-refractivity contribution in [3.05, 3.63) is 0 Å². The molecule has 0 aliphatic carbocycles. The van der Waals surface area contributed by atoms with Gasteiger partial charge in [0, 0.05) is 0 Å². The number of amides is 1. The molecule has 0 N–H and O–H groups in total. The van der Waals surface area contributed by atoms with Crippen molar-refractivity contribution in [3.63, 3.8) is 0 Å². The summed E-state index contributed by atoms with van der Waals surface area (Å²) in [5, 5.41) is 0.404. The Labute approximate surface area is 81.2 Å². The molecule has 0 aromatic heterocycles. The third kappa shape index (κ3) is 1.98. The fourth-order valence-corrected chi connectivity index (χ4v) is 1.85. The van der Waals surface area contributed by atoms with Crippen LogP contribution in [0.25, 0.3) is 0 Å². The van der Waals surface area contributed by atoms with Crippen molar-refractivity contribution < 1.29 is 9.53 Å². The fourth-order valence-electron chi connectivity index (χ4n) is 1.56. The van der Waals surface area contributed by atoms with Gasteiger partial charge >= 0.3 is 0 Å². The first kappa shape index (κ1) is 9.99. The van der Waals surface area contributed by atoms with E-state index in [-0.39, 0.29) is 18.0 Å². The van der Waals surface area contributed by atoms with E-state index in [1.54, 1.807) is 0 Å². The molecule has 1 aliphatic heterocycles. The zero-order valence-corrected chi connectivity index (χ0v) is 9.00. The van der Waals surface area contributed by atoms with Gasteiger partial charge in [0.1, 0.15) is 0 Å². The maximum Gasteiger partial charge on any atom is 0.233 e. The summed E-state index contributed by atoms with van der Waals surface area (Å²) in [6.45, 7) is 5.33. The minimum atomic E-state index is 0.151. The van der Waals surface area contributed by atoms with Gasteiger partial charge in [-0.15, -0.1) is 0 Å². The Morgan fingerprint density at radius 1 is 1.50 bits per heavy atom. The summed E-state index contributed by atoms with van der Waals surface area (Å²) in [6.07, 6.45) is 0. The predicted octanol–water partition coefficient (Wildman–Crippen LogP) is 1.02. The van der Waals surface area contributed by atoms with E-state index in [0.717, 1.165) is 0 Å². The lowest BCUT2D eigenvalue weighted by Gasteiger charge is -2.38. The van der Waals surface area contributed by atoms with Crippen molar-refractivity contribution in [3.8, 4) is 0 Å². The maximum absolute atomic E-state index is 11.4. The third-order valence-electron chi connectivity index (χ3n) is 2.07. The van der Waals surface area contributed by atoms with Crippen LogP contribution in [0.15, 0.2) is 0 Å². The van der Waals surface area contributed by atoms with Crippen LogP contribution >= 0.6 is 15.9 Å². The fraction of sp³-hybridized carbons (Fsp3) is 0.875. The van der Waals surface area contributed by atoms with Crippen LogP contribution in [0.4, 0.5) is 0 Å².